The van der Waals surface area contributed by atoms with Crippen molar-refractivity contribution < 1.29 is 18.4 Å². The number of carbonyl (C=O) groups is 2. The summed E-state index contributed by atoms with van der Waals surface area (Å²) in [5, 5.41) is 7.23. The van der Waals surface area contributed by atoms with Crippen molar-refractivity contribution in [2.45, 2.75) is 19.4 Å². The van der Waals surface area contributed by atoms with E-state index in [2.05, 4.69) is 15.3 Å². The number of carbonyl (C=O) groups excluding carboxylic acids is 2. The molecule has 2 saturated heterocycles. The molecule has 4 aromatic rings. The molecule has 0 spiro atoms. The average Bonchev–Trinajstić information content (AvgIpc) is 3.44. The fourth-order valence-electron chi connectivity index (χ4n) is 6.25. The number of halogens is 2. The van der Waals surface area contributed by atoms with Crippen molar-refractivity contribution >= 4 is 34.7 Å². The van der Waals surface area contributed by atoms with Gasteiger partial charge < -0.3 is 20.0 Å². The van der Waals surface area contributed by atoms with Crippen LogP contribution in [0.15, 0.2) is 60.9 Å². The van der Waals surface area contributed by atoms with Crippen LogP contribution < -0.4 is 15.1 Å². The fraction of sp³-hybridized carbons (Fsp3) is 0.333. The van der Waals surface area contributed by atoms with E-state index >= 15 is 0 Å². The van der Waals surface area contributed by atoms with E-state index in [1.165, 1.54) is 22.8 Å². The molecule has 1 aliphatic carbocycles. The fourth-order valence-corrected chi connectivity index (χ4v) is 6.25. The highest BCUT2D eigenvalue weighted by atomic mass is 19.1. The van der Waals surface area contributed by atoms with Crippen LogP contribution in [-0.4, -0.2) is 64.0 Å². The predicted molar refractivity (Wildman–Crippen MR) is 150 cm³/mol. The van der Waals surface area contributed by atoms with Crippen LogP contribution in [0.25, 0.3) is 5.65 Å². The van der Waals surface area contributed by atoms with Gasteiger partial charge in [0.1, 0.15) is 23.0 Å². The zero-order chi connectivity index (χ0) is 28.2. The highest BCUT2D eigenvalue weighted by molar-refractivity contribution is 6.08. The molecule has 0 bridgehead atoms. The minimum atomic E-state index is -0.466. The Balaban J connectivity index is 1.09. The summed E-state index contributed by atoms with van der Waals surface area (Å²) in [7, 11) is 0. The quantitative estimate of drug-likeness (QED) is 0.397. The first-order valence-electron chi connectivity index (χ1n) is 13.8. The van der Waals surface area contributed by atoms with Gasteiger partial charge in [-0.15, -0.1) is 0 Å². The molecule has 1 saturated carbocycles. The second-order valence-electron chi connectivity index (χ2n) is 11.0. The minimum Gasteiger partial charge on any atom is -0.368 e. The second-order valence-corrected chi connectivity index (χ2v) is 11.0. The van der Waals surface area contributed by atoms with Crippen LogP contribution >= 0.6 is 0 Å². The standard InChI is InChI=1S/C30H29F2N7O2/c1-18(40)36-10-12-37(13-11-36)22-5-3-21(4-6-22)34-30(41)25-16-33-39-9-8-27(35-29(25)39)38-17-19-14-23(19)28(38)24-15-20(31)2-7-26(24)32/h2-9,15-16,19,23,28H,10-14,17H2,1H3,(H,34,41)/t19?,23?,28-/m1/s1. The highest BCUT2D eigenvalue weighted by Gasteiger charge is 2.54. The Kier molecular flexibility index (Phi) is 6.09. The van der Waals surface area contributed by atoms with E-state index < -0.39 is 11.6 Å². The number of fused-ring (bicyclic) bond motifs is 2. The third-order valence-electron chi connectivity index (χ3n) is 8.54. The molecule has 7 rings (SSSR count). The zero-order valence-electron chi connectivity index (χ0n) is 22.5. The Morgan fingerprint density at radius 3 is 2.54 bits per heavy atom. The molecular weight excluding hydrogens is 528 g/mol. The summed E-state index contributed by atoms with van der Waals surface area (Å²) in [5.41, 5.74) is 2.71. The van der Waals surface area contributed by atoms with Gasteiger partial charge in [0.25, 0.3) is 5.91 Å². The van der Waals surface area contributed by atoms with Crippen LogP contribution in [0.4, 0.5) is 26.0 Å². The number of rotatable bonds is 5. The largest absolute Gasteiger partial charge is 0.368 e. The van der Waals surface area contributed by atoms with Crippen LogP contribution in [0.5, 0.6) is 0 Å². The van der Waals surface area contributed by atoms with Gasteiger partial charge in [0.2, 0.25) is 5.91 Å². The number of piperazine rings is 1. The van der Waals surface area contributed by atoms with Crippen molar-refractivity contribution in [3.05, 3.63) is 83.7 Å². The lowest BCUT2D eigenvalue weighted by atomic mass is 10.0. The average molecular weight is 558 g/mol. The molecular formula is C30H29F2N7O2. The van der Waals surface area contributed by atoms with Gasteiger partial charge in [-0.3, -0.25) is 9.59 Å². The summed E-state index contributed by atoms with van der Waals surface area (Å²) >= 11 is 0. The van der Waals surface area contributed by atoms with E-state index in [4.69, 9.17) is 4.98 Å². The molecule has 11 heteroatoms. The van der Waals surface area contributed by atoms with Crippen LogP contribution in [0.3, 0.4) is 0 Å². The molecule has 210 valence electrons. The first kappa shape index (κ1) is 25.4. The smallest absolute Gasteiger partial charge is 0.261 e. The van der Waals surface area contributed by atoms with Gasteiger partial charge in [-0.05, 0) is 66.8 Å². The molecule has 2 aliphatic heterocycles. The molecule has 2 aromatic heterocycles. The number of benzene rings is 2. The normalized spacial score (nSPS) is 21.7. The first-order valence-corrected chi connectivity index (χ1v) is 13.8. The number of hydrogen-bond donors (Lipinski definition) is 1. The minimum absolute atomic E-state index is 0.0920. The maximum Gasteiger partial charge on any atom is 0.261 e. The molecule has 9 nitrogen and oxygen atoms in total. The van der Waals surface area contributed by atoms with E-state index in [0.29, 0.717) is 53.8 Å². The van der Waals surface area contributed by atoms with E-state index in [1.807, 2.05) is 34.1 Å². The lowest BCUT2D eigenvalue weighted by molar-refractivity contribution is -0.129. The van der Waals surface area contributed by atoms with Crippen LogP contribution in [0, 0.1) is 23.5 Å². The molecule has 3 fully saturated rings. The lowest BCUT2D eigenvalue weighted by Crippen LogP contribution is -2.48. The van der Waals surface area contributed by atoms with Gasteiger partial charge in [-0.25, -0.2) is 18.3 Å². The first-order chi connectivity index (χ1) is 19.9. The van der Waals surface area contributed by atoms with Crippen LogP contribution in [-0.2, 0) is 4.79 Å². The maximum absolute atomic E-state index is 14.8. The molecule has 41 heavy (non-hydrogen) atoms. The topological polar surface area (TPSA) is 86.1 Å². The van der Waals surface area contributed by atoms with E-state index in [1.54, 1.807) is 19.2 Å². The molecule has 2 aromatic carbocycles. The number of nitrogens with zero attached hydrogens (tertiary/aromatic N) is 6. The summed E-state index contributed by atoms with van der Waals surface area (Å²) in [6.07, 6.45) is 4.20. The molecule has 0 radical (unpaired) electrons. The molecule has 1 N–H and O–H groups in total. The number of piperidine rings is 1. The molecule has 4 heterocycles. The Hall–Kier alpha value is -4.54. The van der Waals surface area contributed by atoms with E-state index in [0.717, 1.165) is 31.3 Å². The SMILES string of the molecule is CC(=O)N1CCN(c2ccc(NC(=O)c3cnn4ccc(N5CC6CC6[C@@H]5c5cc(F)ccc5F)nc34)cc2)CC1. The maximum atomic E-state index is 14.8. The monoisotopic (exact) mass is 557 g/mol. The third kappa shape index (κ3) is 4.64. The van der Waals surface area contributed by atoms with Crippen molar-refractivity contribution in [3.8, 4) is 0 Å². The van der Waals surface area contributed by atoms with Crippen molar-refractivity contribution in [2.24, 2.45) is 11.8 Å². The Labute approximate surface area is 235 Å². The van der Waals surface area contributed by atoms with Gasteiger partial charge in [-0.1, -0.05) is 0 Å². The Morgan fingerprint density at radius 1 is 1.00 bits per heavy atom. The molecule has 2 unspecified atom stereocenters. The summed E-state index contributed by atoms with van der Waals surface area (Å²) in [4.78, 5) is 35.7. The number of aromatic nitrogens is 3. The van der Waals surface area contributed by atoms with Gasteiger partial charge in [-0.2, -0.15) is 5.10 Å². The third-order valence-corrected chi connectivity index (χ3v) is 8.54. The zero-order valence-corrected chi connectivity index (χ0v) is 22.5. The van der Waals surface area contributed by atoms with Gasteiger partial charge in [0.05, 0.1) is 12.2 Å². The highest BCUT2D eigenvalue weighted by Crippen LogP contribution is 2.57. The summed E-state index contributed by atoms with van der Waals surface area (Å²) in [5.74, 6) is 0.115. The number of anilines is 3. The summed E-state index contributed by atoms with van der Waals surface area (Å²) < 4.78 is 30.3. The Bertz CT molecular complexity index is 1650. The van der Waals surface area contributed by atoms with Gasteiger partial charge in [0, 0.05) is 62.8 Å². The number of nitrogens with one attached hydrogen (secondary N) is 1. The molecule has 2 amide bonds. The molecule has 3 atom stereocenters. The summed E-state index contributed by atoms with van der Waals surface area (Å²) in [6.45, 7) is 5.18. The van der Waals surface area contributed by atoms with Crippen molar-refractivity contribution in [3.63, 3.8) is 0 Å². The van der Waals surface area contributed by atoms with Crippen molar-refractivity contribution in [1.82, 2.24) is 19.5 Å². The van der Waals surface area contributed by atoms with Crippen molar-refractivity contribution in [1.29, 1.82) is 0 Å². The van der Waals surface area contributed by atoms with Crippen LogP contribution in [0.1, 0.15) is 35.3 Å². The van der Waals surface area contributed by atoms with E-state index in [9.17, 15) is 18.4 Å². The van der Waals surface area contributed by atoms with Crippen molar-refractivity contribution in [2.75, 3.05) is 47.8 Å². The molecule has 3 aliphatic rings. The van der Waals surface area contributed by atoms with Gasteiger partial charge >= 0.3 is 0 Å². The second kappa shape index (κ2) is 9.83. The van der Waals surface area contributed by atoms with E-state index in [-0.39, 0.29) is 23.8 Å². The summed E-state index contributed by atoms with van der Waals surface area (Å²) in [6, 6.07) is 12.7. The Morgan fingerprint density at radius 2 is 1.78 bits per heavy atom. The predicted octanol–water partition coefficient (Wildman–Crippen LogP) is 4.13. The lowest BCUT2D eigenvalue weighted by Gasteiger charge is -2.35. The number of hydrogen-bond acceptors (Lipinski definition) is 6. The number of amides is 2. The van der Waals surface area contributed by atoms with Crippen LogP contribution in [0.2, 0.25) is 0 Å². The van der Waals surface area contributed by atoms with Gasteiger partial charge in [0.15, 0.2) is 5.65 Å².